The van der Waals surface area contributed by atoms with Gasteiger partial charge in [0.25, 0.3) is 0 Å². The summed E-state index contributed by atoms with van der Waals surface area (Å²) >= 11 is 0. The molecule has 0 N–H and O–H groups in total. The van der Waals surface area contributed by atoms with Gasteiger partial charge in [-0.05, 0) is 85.7 Å². The lowest BCUT2D eigenvalue weighted by atomic mass is 10.4. The molecule has 0 amide bonds. The molecule has 0 saturated carbocycles. The first-order valence-corrected chi connectivity index (χ1v) is 36.9. The highest BCUT2D eigenvalue weighted by molar-refractivity contribution is 8.79. The summed E-state index contributed by atoms with van der Waals surface area (Å²) in [6.45, 7) is 11.0. The SMILES string of the molecule is C[Si](C)(CP(c1ccccc1)c1ccccc1)C(SSC(P(c1ccccc1)c1ccccc1)[Si](C)(C)CP(c1ccccc1)c1ccccc1)P(c1ccccc1)c1ccccc1. The van der Waals surface area contributed by atoms with Crippen molar-refractivity contribution in [3.05, 3.63) is 243 Å². The maximum absolute atomic E-state index is 2.74. The molecule has 8 aromatic carbocycles. The molecule has 8 heteroatoms. The van der Waals surface area contributed by atoms with Crippen LogP contribution in [0.3, 0.4) is 0 Å². The Kier molecular flexibility index (Phi) is 16.8. The average molecular weight is 975 g/mol. The maximum Gasteiger partial charge on any atom is 0.0739 e. The van der Waals surface area contributed by atoms with Crippen LogP contribution in [0.4, 0.5) is 0 Å². The van der Waals surface area contributed by atoms with Gasteiger partial charge in [0.05, 0.1) is 16.1 Å². The minimum atomic E-state index is -2.12. The Morgan fingerprint density at radius 3 is 0.641 bits per heavy atom. The molecule has 0 aromatic heterocycles. The normalized spacial score (nSPS) is 13.1. The molecule has 0 aliphatic heterocycles. The summed E-state index contributed by atoms with van der Waals surface area (Å²) in [7, 11) is -2.19. The Morgan fingerprint density at radius 1 is 0.281 bits per heavy atom. The Balaban J connectivity index is 1.28. The number of hydrogen-bond donors (Lipinski definition) is 0. The predicted molar refractivity (Wildman–Crippen MR) is 304 cm³/mol. The molecule has 0 radical (unpaired) electrons. The molecule has 0 aliphatic carbocycles. The lowest BCUT2D eigenvalue weighted by Gasteiger charge is -2.44. The fourth-order valence-electron chi connectivity index (χ4n) is 8.41. The smallest absolute Gasteiger partial charge is 0.0739 e. The summed E-state index contributed by atoms with van der Waals surface area (Å²) in [5.41, 5.74) is 0. The average Bonchev–Trinajstić information content (AvgIpc) is 3.35. The van der Waals surface area contributed by atoms with Crippen molar-refractivity contribution in [3.8, 4) is 0 Å². The van der Waals surface area contributed by atoms with E-state index in [-0.39, 0.29) is 0 Å². The van der Waals surface area contributed by atoms with E-state index in [1.165, 1.54) is 54.0 Å². The van der Waals surface area contributed by atoms with Crippen molar-refractivity contribution in [3.63, 3.8) is 0 Å². The first-order valence-electron chi connectivity index (χ1n) is 22.1. The molecular formula is C56H58P4S2Si2. The van der Waals surface area contributed by atoms with Gasteiger partial charge in [-0.2, -0.15) is 0 Å². The first kappa shape index (κ1) is 47.1. The Morgan fingerprint density at radius 2 is 0.453 bits per heavy atom. The summed E-state index contributed by atoms with van der Waals surface area (Å²) < 4.78 is 0.908. The molecule has 0 spiro atoms. The van der Waals surface area contributed by atoms with Gasteiger partial charge in [-0.15, -0.1) is 0 Å². The fourth-order valence-corrected chi connectivity index (χ4v) is 48.9. The van der Waals surface area contributed by atoms with Crippen LogP contribution in [-0.4, -0.2) is 36.9 Å². The Hall–Kier alpha value is -3.39. The van der Waals surface area contributed by atoms with Gasteiger partial charge in [-0.3, -0.25) is 0 Å². The van der Waals surface area contributed by atoms with E-state index in [1.54, 1.807) is 0 Å². The van der Waals surface area contributed by atoms with E-state index in [2.05, 4.69) is 290 Å². The molecule has 64 heavy (non-hydrogen) atoms. The molecular weight excluding hydrogens is 917 g/mol. The quantitative estimate of drug-likeness (QED) is 0.0450. The van der Waals surface area contributed by atoms with Crippen molar-refractivity contribution in [2.45, 2.75) is 35.4 Å². The van der Waals surface area contributed by atoms with Gasteiger partial charge in [0.15, 0.2) is 0 Å². The molecule has 0 aliphatic rings. The van der Waals surface area contributed by atoms with E-state index in [0.29, 0.717) is 9.23 Å². The second-order valence-corrected chi connectivity index (χ2v) is 42.5. The molecule has 322 valence electrons. The van der Waals surface area contributed by atoms with Crippen LogP contribution in [0.1, 0.15) is 0 Å². The van der Waals surface area contributed by atoms with Crippen molar-refractivity contribution in [1.29, 1.82) is 0 Å². The third kappa shape index (κ3) is 11.9. The summed E-state index contributed by atoms with van der Waals surface area (Å²) in [6.07, 6.45) is 0. The lowest BCUT2D eigenvalue weighted by molar-refractivity contribution is 1.55. The van der Waals surface area contributed by atoms with Crippen LogP contribution in [-0.2, 0) is 0 Å². The zero-order valence-corrected chi connectivity index (χ0v) is 44.5. The van der Waals surface area contributed by atoms with Crippen molar-refractivity contribution < 1.29 is 0 Å². The highest BCUT2D eigenvalue weighted by Crippen LogP contribution is 2.61. The van der Waals surface area contributed by atoms with Gasteiger partial charge in [0, 0.05) is 9.23 Å². The van der Waals surface area contributed by atoms with Crippen molar-refractivity contribution in [2.24, 2.45) is 0 Å². The van der Waals surface area contributed by atoms with Crippen LogP contribution in [0, 0.1) is 0 Å². The molecule has 8 rings (SSSR count). The van der Waals surface area contributed by atoms with Gasteiger partial charge in [0.1, 0.15) is 0 Å². The number of rotatable bonds is 19. The van der Waals surface area contributed by atoms with Crippen molar-refractivity contribution in [1.82, 2.24) is 0 Å². The van der Waals surface area contributed by atoms with E-state index >= 15 is 0 Å². The largest absolute Gasteiger partial charge is 0.0882 e. The third-order valence-corrected chi connectivity index (χ3v) is 47.4. The van der Waals surface area contributed by atoms with Crippen LogP contribution >= 0.6 is 53.3 Å². The molecule has 0 saturated heterocycles. The lowest BCUT2D eigenvalue weighted by Crippen LogP contribution is -2.48. The number of hydrogen-bond acceptors (Lipinski definition) is 2. The first-order chi connectivity index (χ1) is 31.3. The number of benzene rings is 8. The second kappa shape index (κ2) is 22.9. The standard InChI is InChI=1S/C56H58P4S2Si2/c1-63(2,45-57(47-29-13-5-14-30-47)48-31-15-6-16-32-48)55(59(51-37-21-9-22-38-51)52-39-23-10-24-40-52)61-62-56(60(53-41-25-11-26-42-53)54-43-27-12-28-44-54)64(3,4)46-58(49-33-17-7-18-34-49)50-35-19-8-20-36-50/h5-44,55-56H,45-46H2,1-4H3. The van der Waals surface area contributed by atoms with Gasteiger partial charge < -0.3 is 0 Å². The molecule has 0 fully saturated rings. The molecule has 2 atom stereocenters. The topological polar surface area (TPSA) is 0 Å². The second-order valence-electron chi connectivity index (χ2n) is 17.5. The molecule has 8 aromatic rings. The minimum Gasteiger partial charge on any atom is -0.0882 e. The van der Waals surface area contributed by atoms with Gasteiger partial charge in [0.2, 0.25) is 0 Å². The van der Waals surface area contributed by atoms with Crippen LogP contribution in [0.5, 0.6) is 0 Å². The highest BCUT2D eigenvalue weighted by atomic mass is 33.1. The van der Waals surface area contributed by atoms with Crippen LogP contribution in [0.2, 0.25) is 26.2 Å². The third-order valence-electron chi connectivity index (χ3n) is 11.6. The summed E-state index contributed by atoms with van der Waals surface area (Å²) in [5.74, 6) is 2.47. The van der Waals surface area contributed by atoms with Crippen LogP contribution in [0.25, 0.3) is 0 Å². The Labute approximate surface area is 398 Å². The molecule has 0 heterocycles. The van der Waals surface area contributed by atoms with Crippen molar-refractivity contribution >= 4 is 112 Å². The van der Waals surface area contributed by atoms with E-state index in [9.17, 15) is 0 Å². The van der Waals surface area contributed by atoms with E-state index in [4.69, 9.17) is 0 Å². The van der Waals surface area contributed by atoms with Crippen LogP contribution in [0.15, 0.2) is 243 Å². The zero-order valence-electron chi connectivity index (χ0n) is 37.3. The van der Waals surface area contributed by atoms with E-state index < -0.39 is 47.8 Å². The van der Waals surface area contributed by atoms with Crippen LogP contribution < -0.4 is 42.4 Å². The van der Waals surface area contributed by atoms with Gasteiger partial charge in [-0.25, -0.2) is 0 Å². The maximum atomic E-state index is 2.74. The molecule has 2 unspecified atom stereocenters. The van der Waals surface area contributed by atoms with E-state index in [1.807, 2.05) is 0 Å². The summed E-state index contributed by atoms with van der Waals surface area (Å²) in [5, 5.41) is 11.9. The van der Waals surface area contributed by atoms with Gasteiger partial charge in [-0.1, -0.05) is 290 Å². The Bertz CT molecular complexity index is 2240. The summed E-state index contributed by atoms with van der Waals surface area (Å²) in [4.78, 5) is 0. The van der Waals surface area contributed by atoms with E-state index in [0.717, 1.165) is 0 Å². The van der Waals surface area contributed by atoms with Crippen molar-refractivity contribution in [2.75, 3.05) is 11.6 Å². The minimum absolute atomic E-state index is 0.454. The summed E-state index contributed by atoms with van der Waals surface area (Å²) in [6, 6.07) is 92.3. The highest BCUT2D eigenvalue weighted by Gasteiger charge is 2.46. The predicted octanol–water partition coefficient (Wildman–Crippen LogP) is 13.1. The zero-order chi connectivity index (χ0) is 44.2. The van der Waals surface area contributed by atoms with Gasteiger partial charge >= 0.3 is 0 Å². The molecule has 0 bridgehead atoms. The fraction of sp³-hybridized carbons (Fsp3) is 0.143. The monoisotopic (exact) mass is 974 g/mol. The molecule has 0 nitrogen and oxygen atoms in total.